The number of halogens is 2. The third kappa shape index (κ3) is 1.20. The Bertz CT molecular complexity index is 437. The molecule has 2 rings (SSSR count). The molecule has 0 aliphatic carbocycles. The van der Waals surface area contributed by atoms with Gasteiger partial charge < -0.3 is 5.73 Å². The smallest absolute Gasteiger partial charge is 0.154 e. The Kier molecular flexibility index (Phi) is 1.99. The molecule has 0 spiro atoms. The number of nitrogen functional groups attached to an aromatic ring is 1. The molecule has 0 atom stereocenters. The SMILES string of the molecule is Nc1n[nH]c2cc(Br)cc(I)c12. The van der Waals surface area contributed by atoms with E-state index in [-0.39, 0.29) is 0 Å². The highest BCUT2D eigenvalue weighted by Gasteiger charge is 2.06. The molecule has 0 radical (unpaired) electrons. The van der Waals surface area contributed by atoms with E-state index in [2.05, 4.69) is 48.7 Å². The summed E-state index contributed by atoms with van der Waals surface area (Å²) in [5.74, 6) is 0.557. The maximum Gasteiger partial charge on any atom is 0.154 e. The number of hydrogen-bond acceptors (Lipinski definition) is 2. The lowest BCUT2D eigenvalue weighted by molar-refractivity contribution is 1.13. The van der Waals surface area contributed by atoms with Crippen molar-refractivity contribution in [2.24, 2.45) is 0 Å². The van der Waals surface area contributed by atoms with Crippen LogP contribution in [0.2, 0.25) is 0 Å². The van der Waals surface area contributed by atoms with Crippen molar-refractivity contribution in [3.05, 3.63) is 20.2 Å². The van der Waals surface area contributed by atoms with Crippen LogP contribution in [-0.4, -0.2) is 10.2 Å². The fourth-order valence-corrected chi connectivity index (χ4v) is 2.89. The molecule has 3 nitrogen and oxygen atoms in total. The van der Waals surface area contributed by atoms with Crippen LogP contribution in [0, 0.1) is 3.57 Å². The maximum absolute atomic E-state index is 5.66. The average molecular weight is 338 g/mol. The van der Waals surface area contributed by atoms with Gasteiger partial charge in [-0.25, -0.2) is 0 Å². The van der Waals surface area contributed by atoms with Crippen LogP contribution in [0.15, 0.2) is 16.6 Å². The van der Waals surface area contributed by atoms with Gasteiger partial charge in [-0.15, -0.1) is 0 Å². The summed E-state index contributed by atoms with van der Waals surface area (Å²) in [6, 6.07) is 3.97. The summed E-state index contributed by atoms with van der Waals surface area (Å²) in [6.07, 6.45) is 0. The number of benzene rings is 1. The van der Waals surface area contributed by atoms with E-state index in [1.807, 2.05) is 12.1 Å². The van der Waals surface area contributed by atoms with Crippen LogP contribution >= 0.6 is 38.5 Å². The first-order valence-electron chi connectivity index (χ1n) is 3.27. The molecule has 62 valence electrons. The normalized spacial score (nSPS) is 10.8. The molecular weight excluding hydrogens is 333 g/mol. The predicted molar refractivity (Wildman–Crippen MR) is 60.9 cm³/mol. The maximum atomic E-state index is 5.66. The second-order valence-corrected chi connectivity index (χ2v) is 4.50. The van der Waals surface area contributed by atoms with Crippen LogP contribution in [0.1, 0.15) is 0 Å². The standard InChI is InChI=1S/C7H5BrIN3/c8-3-1-4(9)6-5(2-3)11-12-7(6)10/h1-2H,(H3,10,11,12). The predicted octanol–water partition coefficient (Wildman–Crippen LogP) is 2.51. The van der Waals surface area contributed by atoms with Crippen molar-refractivity contribution >= 4 is 55.2 Å². The lowest BCUT2D eigenvalue weighted by Crippen LogP contribution is -1.85. The topological polar surface area (TPSA) is 54.7 Å². The van der Waals surface area contributed by atoms with E-state index in [0.29, 0.717) is 5.82 Å². The average Bonchev–Trinajstić information content (AvgIpc) is 2.31. The Labute approximate surface area is 91.0 Å². The molecule has 1 heterocycles. The quantitative estimate of drug-likeness (QED) is 0.726. The van der Waals surface area contributed by atoms with E-state index in [1.165, 1.54) is 0 Å². The van der Waals surface area contributed by atoms with Crippen LogP contribution in [0.5, 0.6) is 0 Å². The van der Waals surface area contributed by atoms with E-state index in [4.69, 9.17) is 5.73 Å². The molecule has 0 unspecified atom stereocenters. The zero-order valence-electron chi connectivity index (χ0n) is 5.94. The molecule has 0 saturated heterocycles. The molecule has 12 heavy (non-hydrogen) atoms. The van der Waals surface area contributed by atoms with E-state index < -0.39 is 0 Å². The Morgan fingerprint density at radius 2 is 2.25 bits per heavy atom. The molecular formula is C7H5BrIN3. The Balaban J connectivity index is 2.93. The monoisotopic (exact) mass is 337 g/mol. The zero-order chi connectivity index (χ0) is 8.72. The molecule has 0 saturated carbocycles. The van der Waals surface area contributed by atoms with E-state index in [9.17, 15) is 0 Å². The van der Waals surface area contributed by atoms with Gasteiger partial charge >= 0.3 is 0 Å². The highest BCUT2D eigenvalue weighted by atomic mass is 127. The highest BCUT2D eigenvalue weighted by Crippen LogP contribution is 2.27. The Morgan fingerprint density at radius 3 is 3.00 bits per heavy atom. The van der Waals surface area contributed by atoms with Crippen molar-refractivity contribution in [1.29, 1.82) is 0 Å². The minimum absolute atomic E-state index is 0.557. The van der Waals surface area contributed by atoms with E-state index in [1.54, 1.807) is 0 Å². The zero-order valence-corrected chi connectivity index (χ0v) is 9.68. The first-order chi connectivity index (χ1) is 5.68. The molecule has 0 fully saturated rings. The van der Waals surface area contributed by atoms with Crippen molar-refractivity contribution < 1.29 is 0 Å². The van der Waals surface area contributed by atoms with Crippen molar-refractivity contribution in [1.82, 2.24) is 10.2 Å². The molecule has 0 aliphatic rings. The first kappa shape index (κ1) is 8.31. The molecule has 1 aromatic heterocycles. The highest BCUT2D eigenvalue weighted by molar-refractivity contribution is 14.1. The number of aromatic nitrogens is 2. The first-order valence-corrected chi connectivity index (χ1v) is 5.14. The number of H-pyrrole nitrogens is 1. The third-order valence-electron chi connectivity index (χ3n) is 1.61. The van der Waals surface area contributed by atoms with Gasteiger partial charge in [0.1, 0.15) is 0 Å². The molecule has 5 heteroatoms. The van der Waals surface area contributed by atoms with Gasteiger partial charge in [0.05, 0.1) is 10.9 Å². The summed E-state index contributed by atoms with van der Waals surface area (Å²) >= 11 is 5.64. The van der Waals surface area contributed by atoms with Gasteiger partial charge in [-0.05, 0) is 34.7 Å². The number of anilines is 1. The Hall–Kier alpha value is -0.300. The largest absolute Gasteiger partial charge is 0.382 e. The number of nitrogens with two attached hydrogens (primary N) is 1. The second-order valence-electron chi connectivity index (χ2n) is 2.42. The van der Waals surface area contributed by atoms with Crippen molar-refractivity contribution in [2.75, 3.05) is 5.73 Å². The number of aromatic amines is 1. The van der Waals surface area contributed by atoms with Crippen LogP contribution in [0.4, 0.5) is 5.82 Å². The number of hydrogen-bond donors (Lipinski definition) is 2. The van der Waals surface area contributed by atoms with Gasteiger partial charge in [0, 0.05) is 8.04 Å². The van der Waals surface area contributed by atoms with Gasteiger partial charge in [-0.3, -0.25) is 5.10 Å². The molecule has 0 bridgehead atoms. The number of nitrogens with one attached hydrogen (secondary N) is 1. The lowest BCUT2D eigenvalue weighted by Gasteiger charge is -1.95. The van der Waals surface area contributed by atoms with Gasteiger partial charge in [0.25, 0.3) is 0 Å². The van der Waals surface area contributed by atoms with Gasteiger partial charge in [0.2, 0.25) is 0 Å². The minimum atomic E-state index is 0.557. The molecule has 2 aromatic rings. The van der Waals surface area contributed by atoms with Crippen LogP contribution < -0.4 is 5.73 Å². The number of fused-ring (bicyclic) bond motifs is 1. The third-order valence-corrected chi connectivity index (χ3v) is 2.92. The molecule has 3 N–H and O–H groups in total. The van der Waals surface area contributed by atoms with E-state index in [0.717, 1.165) is 18.9 Å². The van der Waals surface area contributed by atoms with Crippen LogP contribution in [0.25, 0.3) is 10.9 Å². The summed E-state index contributed by atoms with van der Waals surface area (Å²) in [5, 5.41) is 7.78. The summed E-state index contributed by atoms with van der Waals surface area (Å²) in [6.45, 7) is 0. The summed E-state index contributed by atoms with van der Waals surface area (Å²) < 4.78 is 2.13. The lowest BCUT2D eigenvalue weighted by atomic mass is 10.2. The fourth-order valence-electron chi connectivity index (χ4n) is 1.10. The Morgan fingerprint density at radius 1 is 1.50 bits per heavy atom. The van der Waals surface area contributed by atoms with Crippen molar-refractivity contribution in [2.45, 2.75) is 0 Å². The van der Waals surface area contributed by atoms with Crippen LogP contribution in [0.3, 0.4) is 0 Å². The van der Waals surface area contributed by atoms with Gasteiger partial charge in [-0.2, -0.15) is 5.10 Å². The molecule has 1 aromatic carbocycles. The minimum Gasteiger partial charge on any atom is -0.382 e. The van der Waals surface area contributed by atoms with Crippen molar-refractivity contribution in [3.8, 4) is 0 Å². The number of nitrogens with zero attached hydrogens (tertiary/aromatic N) is 1. The summed E-state index contributed by atoms with van der Waals surface area (Å²) in [4.78, 5) is 0. The summed E-state index contributed by atoms with van der Waals surface area (Å²) in [5.41, 5.74) is 6.63. The van der Waals surface area contributed by atoms with E-state index >= 15 is 0 Å². The van der Waals surface area contributed by atoms with Crippen molar-refractivity contribution in [3.63, 3.8) is 0 Å². The summed E-state index contributed by atoms with van der Waals surface area (Å²) in [7, 11) is 0. The molecule has 0 aliphatic heterocycles. The van der Waals surface area contributed by atoms with Gasteiger partial charge in [0.15, 0.2) is 5.82 Å². The van der Waals surface area contributed by atoms with Gasteiger partial charge in [-0.1, -0.05) is 15.9 Å². The molecule has 0 amide bonds. The number of rotatable bonds is 0. The fraction of sp³-hybridized carbons (Fsp3) is 0. The second kappa shape index (κ2) is 2.88. The van der Waals surface area contributed by atoms with Crippen LogP contribution in [-0.2, 0) is 0 Å².